The van der Waals surface area contributed by atoms with Crippen molar-refractivity contribution in [3.8, 4) is 0 Å². The molecule has 0 amide bonds. The van der Waals surface area contributed by atoms with Crippen molar-refractivity contribution < 1.29 is 5.11 Å². The molecular formula is C9H12ClN3O. The van der Waals surface area contributed by atoms with Crippen LogP contribution in [0, 0.1) is 0 Å². The zero-order chi connectivity index (χ0) is 10.1. The molecule has 4 nitrogen and oxygen atoms in total. The van der Waals surface area contributed by atoms with E-state index in [2.05, 4.69) is 10.3 Å². The summed E-state index contributed by atoms with van der Waals surface area (Å²) in [6.45, 7) is 0. The van der Waals surface area contributed by atoms with Crippen LogP contribution in [0.4, 0.5) is 11.5 Å². The van der Waals surface area contributed by atoms with Crippen molar-refractivity contribution in [1.29, 1.82) is 0 Å². The van der Waals surface area contributed by atoms with E-state index in [9.17, 15) is 5.11 Å². The fraction of sp³-hybridized carbons (Fsp3) is 0.444. The normalized spacial score (nSPS) is 25.6. The van der Waals surface area contributed by atoms with Gasteiger partial charge in [-0.25, -0.2) is 4.98 Å². The first kappa shape index (κ1) is 9.55. The van der Waals surface area contributed by atoms with E-state index >= 15 is 0 Å². The van der Waals surface area contributed by atoms with Crippen LogP contribution in [0.5, 0.6) is 0 Å². The molecule has 1 aliphatic rings. The largest absolute Gasteiger partial charge is 0.399 e. The SMILES string of the molecule is Nc1cc(Cl)nc(N[C@@H]2CC[C@H]2O)c1. The Labute approximate surface area is 87.1 Å². The van der Waals surface area contributed by atoms with Crippen LogP contribution in [0.3, 0.4) is 0 Å². The second kappa shape index (κ2) is 3.63. The number of nitrogens with two attached hydrogens (primary N) is 1. The average molecular weight is 214 g/mol. The van der Waals surface area contributed by atoms with Gasteiger partial charge in [0.25, 0.3) is 0 Å². The maximum absolute atomic E-state index is 9.35. The van der Waals surface area contributed by atoms with Gasteiger partial charge in [-0.1, -0.05) is 11.6 Å². The van der Waals surface area contributed by atoms with Crippen LogP contribution >= 0.6 is 11.6 Å². The van der Waals surface area contributed by atoms with Crippen molar-refractivity contribution in [3.63, 3.8) is 0 Å². The molecule has 0 aliphatic heterocycles. The maximum atomic E-state index is 9.35. The maximum Gasteiger partial charge on any atom is 0.133 e. The summed E-state index contributed by atoms with van der Waals surface area (Å²) in [5, 5.41) is 12.8. The fourth-order valence-electron chi connectivity index (χ4n) is 1.43. The molecule has 5 heteroatoms. The van der Waals surface area contributed by atoms with E-state index in [1.54, 1.807) is 12.1 Å². The predicted molar refractivity (Wildman–Crippen MR) is 56.3 cm³/mol. The lowest BCUT2D eigenvalue weighted by molar-refractivity contribution is 0.0784. The fourth-order valence-corrected chi connectivity index (χ4v) is 1.65. The van der Waals surface area contributed by atoms with Crippen molar-refractivity contribution in [1.82, 2.24) is 4.98 Å². The summed E-state index contributed by atoms with van der Waals surface area (Å²) in [5.74, 6) is 0.624. The molecule has 0 unspecified atom stereocenters. The number of aliphatic hydroxyl groups is 1. The van der Waals surface area contributed by atoms with Gasteiger partial charge in [0.15, 0.2) is 0 Å². The first-order chi connectivity index (χ1) is 6.65. The molecule has 4 N–H and O–H groups in total. The topological polar surface area (TPSA) is 71.2 Å². The number of nitrogen functional groups attached to an aromatic ring is 1. The van der Waals surface area contributed by atoms with Crippen molar-refractivity contribution in [2.75, 3.05) is 11.1 Å². The zero-order valence-electron chi connectivity index (χ0n) is 7.57. The molecule has 0 saturated heterocycles. The van der Waals surface area contributed by atoms with Gasteiger partial charge >= 0.3 is 0 Å². The van der Waals surface area contributed by atoms with E-state index in [-0.39, 0.29) is 12.1 Å². The number of halogens is 1. The van der Waals surface area contributed by atoms with E-state index in [0.29, 0.717) is 16.7 Å². The Morgan fingerprint density at radius 1 is 1.50 bits per heavy atom. The molecule has 1 aliphatic carbocycles. The van der Waals surface area contributed by atoms with Gasteiger partial charge in [-0.3, -0.25) is 0 Å². The average Bonchev–Trinajstić information content (AvgIpc) is 2.10. The van der Waals surface area contributed by atoms with E-state index in [1.165, 1.54) is 0 Å². The third kappa shape index (κ3) is 1.91. The third-order valence-electron chi connectivity index (χ3n) is 2.39. The predicted octanol–water partition coefficient (Wildman–Crippen LogP) is 1.25. The van der Waals surface area contributed by atoms with Crippen LogP contribution < -0.4 is 11.1 Å². The number of pyridine rings is 1. The van der Waals surface area contributed by atoms with Crippen LogP contribution in [-0.4, -0.2) is 22.2 Å². The molecule has 0 bridgehead atoms. The van der Waals surface area contributed by atoms with Crippen molar-refractivity contribution in [3.05, 3.63) is 17.3 Å². The molecule has 1 aromatic rings. The monoisotopic (exact) mass is 213 g/mol. The minimum absolute atomic E-state index is 0.0837. The number of rotatable bonds is 2. The summed E-state index contributed by atoms with van der Waals surface area (Å²) in [6.07, 6.45) is 1.51. The number of anilines is 2. The highest BCUT2D eigenvalue weighted by Crippen LogP contribution is 2.24. The molecule has 1 aromatic heterocycles. The molecular weight excluding hydrogens is 202 g/mol. The minimum atomic E-state index is -0.281. The molecule has 0 radical (unpaired) electrons. The highest BCUT2D eigenvalue weighted by atomic mass is 35.5. The summed E-state index contributed by atoms with van der Waals surface area (Å²) in [6, 6.07) is 3.38. The molecule has 0 spiro atoms. The third-order valence-corrected chi connectivity index (χ3v) is 2.58. The number of aromatic nitrogens is 1. The Balaban J connectivity index is 2.08. The van der Waals surface area contributed by atoms with Crippen molar-refractivity contribution >= 4 is 23.1 Å². The van der Waals surface area contributed by atoms with Crippen LogP contribution in [0.15, 0.2) is 12.1 Å². The van der Waals surface area contributed by atoms with Gasteiger partial charge in [0, 0.05) is 11.8 Å². The van der Waals surface area contributed by atoms with E-state index in [4.69, 9.17) is 17.3 Å². The van der Waals surface area contributed by atoms with E-state index in [0.717, 1.165) is 12.8 Å². The second-order valence-electron chi connectivity index (χ2n) is 3.50. The van der Waals surface area contributed by atoms with Gasteiger partial charge in [-0.15, -0.1) is 0 Å². The van der Waals surface area contributed by atoms with Crippen molar-refractivity contribution in [2.45, 2.75) is 25.0 Å². The van der Waals surface area contributed by atoms with Crippen LogP contribution in [0.1, 0.15) is 12.8 Å². The quantitative estimate of drug-likeness (QED) is 0.647. The Kier molecular flexibility index (Phi) is 2.48. The first-order valence-corrected chi connectivity index (χ1v) is 4.90. The molecule has 1 saturated carbocycles. The Morgan fingerprint density at radius 2 is 2.29 bits per heavy atom. The van der Waals surface area contributed by atoms with Gasteiger partial charge in [-0.05, 0) is 18.9 Å². The summed E-state index contributed by atoms with van der Waals surface area (Å²) in [7, 11) is 0. The molecule has 2 rings (SSSR count). The Morgan fingerprint density at radius 3 is 2.79 bits per heavy atom. The Hall–Kier alpha value is -1.00. The van der Waals surface area contributed by atoms with Gasteiger partial charge < -0.3 is 16.2 Å². The molecule has 0 aromatic carbocycles. The highest BCUT2D eigenvalue weighted by molar-refractivity contribution is 6.29. The number of aliphatic hydroxyl groups excluding tert-OH is 1. The number of nitrogens with zero attached hydrogens (tertiary/aromatic N) is 1. The van der Waals surface area contributed by atoms with Gasteiger partial charge in [-0.2, -0.15) is 0 Å². The van der Waals surface area contributed by atoms with E-state index in [1.807, 2.05) is 0 Å². The standard InChI is InChI=1S/C9H12ClN3O/c10-8-3-5(11)4-9(13-8)12-6-1-2-7(6)14/h3-4,6-7,14H,1-2H2,(H3,11,12,13)/t6-,7-/m1/s1. The highest BCUT2D eigenvalue weighted by Gasteiger charge is 2.28. The molecule has 2 atom stereocenters. The lowest BCUT2D eigenvalue weighted by Gasteiger charge is -2.33. The molecule has 1 heterocycles. The van der Waals surface area contributed by atoms with Crippen molar-refractivity contribution in [2.24, 2.45) is 0 Å². The zero-order valence-corrected chi connectivity index (χ0v) is 8.33. The minimum Gasteiger partial charge on any atom is -0.399 e. The van der Waals surface area contributed by atoms with Crippen LogP contribution in [-0.2, 0) is 0 Å². The number of hydrogen-bond acceptors (Lipinski definition) is 4. The lowest BCUT2D eigenvalue weighted by Crippen LogP contribution is -2.42. The number of hydrogen-bond donors (Lipinski definition) is 3. The van der Waals surface area contributed by atoms with Crippen LogP contribution in [0.2, 0.25) is 5.15 Å². The van der Waals surface area contributed by atoms with Gasteiger partial charge in [0.1, 0.15) is 11.0 Å². The van der Waals surface area contributed by atoms with E-state index < -0.39 is 0 Å². The van der Waals surface area contributed by atoms with Gasteiger partial charge in [0.05, 0.1) is 12.1 Å². The summed E-state index contributed by atoms with van der Waals surface area (Å²) in [4.78, 5) is 4.05. The Bertz CT molecular complexity index is 325. The molecule has 1 fully saturated rings. The summed E-state index contributed by atoms with van der Waals surface area (Å²) < 4.78 is 0. The molecule has 14 heavy (non-hydrogen) atoms. The van der Waals surface area contributed by atoms with Crippen LogP contribution in [0.25, 0.3) is 0 Å². The lowest BCUT2D eigenvalue weighted by atomic mass is 9.89. The smallest absolute Gasteiger partial charge is 0.133 e. The van der Waals surface area contributed by atoms with Gasteiger partial charge in [0.2, 0.25) is 0 Å². The summed E-state index contributed by atoms with van der Waals surface area (Å²) in [5.41, 5.74) is 6.17. The second-order valence-corrected chi connectivity index (χ2v) is 3.89. The first-order valence-electron chi connectivity index (χ1n) is 4.53. The molecule has 76 valence electrons. The number of nitrogens with one attached hydrogen (secondary N) is 1. The summed E-state index contributed by atoms with van der Waals surface area (Å²) >= 11 is 5.74.